The fourth-order valence-electron chi connectivity index (χ4n) is 0.560. The quantitative estimate of drug-likeness (QED) is 0.626. The zero-order chi connectivity index (χ0) is 8.20. The van der Waals surface area contributed by atoms with E-state index >= 15 is 0 Å². The van der Waals surface area contributed by atoms with Gasteiger partial charge in [0, 0.05) is 0 Å². The van der Waals surface area contributed by atoms with Gasteiger partial charge in [0.2, 0.25) is 5.91 Å². The summed E-state index contributed by atoms with van der Waals surface area (Å²) in [5.74, 6) is -0.278. The van der Waals surface area contributed by atoms with Crippen LogP contribution in [0.1, 0.15) is 13.3 Å². The van der Waals surface area contributed by atoms with Crippen molar-refractivity contribution in [3.63, 3.8) is 0 Å². The topological polar surface area (TPSA) is 43.1 Å². The van der Waals surface area contributed by atoms with Crippen LogP contribution in [0.2, 0.25) is 0 Å². The molecule has 0 radical (unpaired) electrons. The molecule has 1 amide bonds. The first kappa shape index (κ1) is 9.56. The lowest BCUT2D eigenvalue weighted by molar-refractivity contribution is -0.119. The third-order valence-corrected chi connectivity index (χ3v) is 2.77. The molecule has 0 aromatic heterocycles. The number of allylic oxidation sites excluding steroid dienone is 1. The molecule has 0 saturated heterocycles. The second-order valence-corrected chi connectivity index (χ2v) is 3.60. The molecule has 0 aliphatic heterocycles. The number of amides is 1. The molecule has 0 spiro atoms. The van der Waals surface area contributed by atoms with Gasteiger partial charge in [-0.25, -0.2) is 0 Å². The molecule has 0 aliphatic carbocycles. The van der Waals surface area contributed by atoms with E-state index in [9.17, 15) is 4.79 Å². The highest BCUT2D eigenvalue weighted by Crippen LogP contribution is 2.25. The lowest BCUT2D eigenvalue weighted by Crippen LogP contribution is -2.37. The van der Waals surface area contributed by atoms with Gasteiger partial charge in [0.1, 0.15) is 0 Å². The number of hydrogen-bond donors (Lipinski definition) is 1. The first-order chi connectivity index (χ1) is 4.56. The van der Waals surface area contributed by atoms with Gasteiger partial charge in [-0.3, -0.25) is 4.79 Å². The van der Waals surface area contributed by atoms with Gasteiger partial charge in [-0.15, -0.1) is 18.3 Å². The molecule has 2 N–H and O–H groups in total. The van der Waals surface area contributed by atoms with Crippen LogP contribution in [0.25, 0.3) is 0 Å². The predicted molar refractivity (Wildman–Crippen MR) is 45.9 cm³/mol. The van der Waals surface area contributed by atoms with E-state index in [1.165, 1.54) is 11.8 Å². The van der Waals surface area contributed by atoms with Crippen molar-refractivity contribution in [2.24, 2.45) is 5.73 Å². The van der Waals surface area contributed by atoms with Crippen molar-refractivity contribution in [1.29, 1.82) is 0 Å². The number of thioether (sulfide) groups is 1. The van der Waals surface area contributed by atoms with Gasteiger partial charge in [0.15, 0.2) is 0 Å². The molecule has 1 unspecified atom stereocenters. The molecule has 0 aliphatic rings. The van der Waals surface area contributed by atoms with E-state index in [0.29, 0.717) is 6.42 Å². The lowest BCUT2D eigenvalue weighted by atomic mass is 10.1. The number of carbonyl (C=O) groups excluding carboxylic acids is 1. The number of primary amides is 1. The predicted octanol–water partition coefficient (Wildman–Crippen LogP) is 1.17. The summed E-state index contributed by atoms with van der Waals surface area (Å²) in [6.07, 6.45) is 4.21. The number of carbonyl (C=O) groups is 1. The highest BCUT2D eigenvalue weighted by Gasteiger charge is 2.27. The average molecular weight is 159 g/mol. The summed E-state index contributed by atoms with van der Waals surface area (Å²) in [4.78, 5) is 10.8. The van der Waals surface area contributed by atoms with Crippen LogP contribution in [0.5, 0.6) is 0 Å². The lowest BCUT2D eigenvalue weighted by Gasteiger charge is -2.20. The van der Waals surface area contributed by atoms with Gasteiger partial charge in [-0.1, -0.05) is 6.08 Å². The Morgan fingerprint density at radius 3 is 2.50 bits per heavy atom. The first-order valence-corrected chi connectivity index (χ1v) is 4.25. The van der Waals surface area contributed by atoms with Crippen molar-refractivity contribution in [2.45, 2.75) is 18.1 Å². The summed E-state index contributed by atoms with van der Waals surface area (Å²) in [7, 11) is 0. The normalized spacial score (nSPS) is 15.8. The van der Waals surface area contributed by atoms with Crippen LogP contribution >= 0.6 is 11.8 Å². The first-order valence-electron chi connectivity index (χ1n) is 3.03. The average Bonchev–Trinajstić information content (AvgIpc) is 1.88. The molecule has 3 heteroatoms. The summed E-state index contributed by atoms with van der Waals surface area (Å²) in [5, 5.41) is 0. The Balaban J connectivity index is 4.21. The molecule has 0 saturated carbocycles. The van der Waals surface area contributed by atoms with Crippen LogP contribution < -0.4 is 5.73 Å². The Kier molecular flexibility index (Phi) is 3.50. The molecule has 2 nitrogen and oxygen atoms in total. The standard InChI is InChI=1S/C7H13NOS/c1-4-5-7(2,10-3)6(8)9/h4H,1,5H2,2-3H3,(H2,8,9). The number of nitrogens with two attached hydrogens (primary N) is 1. The van der Waals surface area contributed by atoms with E-state index in [1.54, 1.807) is 6.08 Å². The van der Waals surface area contributed by atoms with Crippen molar-refractivity contribution >= 4 is 17.7 Å². The third-order valence-electron chi connectivity index (χ3n) is 1.51. The maximum absolute atomic E-state index is 10.8. The molecule has 0 aromatic rings. The van der Waals surface area contributed by atoms with Crippen molar-refractivity contribution in [3.05, 3.63) is 12.7 Å². The summed E-state index contributed by atoms with van der Waals surface area (Å²) in [6, 6.07) is 0. The van der Waals surface area contributed by atoms with Crippen LogP contribution in [-0.4, -0.2) is 16.9 Å². The molecule has 10 heavy (non-hydrogen) atoms. The molecule has 0 rings (SSSR count). The molecular formula is C7H13NOS. The Hall–Kier alpha value is -0.440. The fourth-order valence-corrected chi connectivity index (χ4v) is 1.05. The maximum atomic E-state index is 10.8. The fraction of sp³-hybridized carbons (Fsp3) is 0.571. The van der Waals surface area contributed by atoms with Crippen LogP contribution in [0, 0.1) is 0 Å². The Morgan fingerprint density at radius 1 is 1.90 bits per heavy atom. The van der Waals surface area contributed by atoms with Crippen molar-refractivity contribution in [1.82, 2.24) is 0 Å². The van der Waals surface area contributed by atoms with Gasteiger partial charge < -0.3 is 5.73 Å². The van der Waals surface area contributed by atoms with Gasteiger partial charge in [-0.05, 0) is 19.6 Å². The summed E-state index contributed by atoms with van der Waals surface area (Å²) >= 11 is 1.46. The number of hydrogen-bond acceptors (Lipinski definition) is 2. The number of rotatable bonds is 4. The largest absolute Gasteiger partial charge is 0.368 e. The zero-order valence-corrected chi connectivity index (χ0v) is 7.20. The summed E-state index contributed by atoms with van der Waals surface area (Å²) in [5.41, 5.74) is 5.16. The highest BCUT2D eigenvalue weighted by atomic mass is 32.2. The molecule has 0 heterocycles. The minimum absolute atomic E-state index is 0.278. The smallest absolute Gasteiger partial charge is 0.233 e. The Bertz CT molecular complexity index is 147. The molecular weight excluding hydrogens is 146 g/mol. The molecule has 0 aromatic carbocycles. The van der Waals surface area contributed by atoms with Crippen LogP contribution in [0.4, 0.5) is 0 Å². The SMILES string of the molecule is C=CCC(C)(SC)C(N)=O. The molecule has 0 fully saturated rings. The van der Waals surface area contributed by atoms with Crippen molar-refractivity contribution in [3.8, 4) is 0 Å². The van der Waals surface area contributed by atoms with Crippen LogP contribution in [-0.2, 0) is 4.79 Å². The van der Waals surface area contributed by atoms with Gasteiger partial charge in [-0.2, -0.15) is 0 Å². The van der Waals surface area contributed by atoms with E-state index in [4.69, 9.17) is 5.73 Å². The third kappa shape index (κ3) is 2.06. The van der Waals surface area contributed by atoms with Crippen molar-refractivity contribution < 1.29 is 4.79 Å². The van der Waals surface area contributed by atoms with E-state index < -0.39 is 4.75 Å². The molecule has 1 atom stereocenters. The minimum atomic E-state index is -0.470. The molecule has 0 bridgehead atoms. The van der Waals surface area contributed by atoms with Crippen LogP contribution in [0.15, 0.2) is 12.7 Å². The summed E-state index contributed by atoms with van der Waals surface area (Å²) < 4.78 is -0.470. The van der Waals surface area contributed by atoms with Gasteiger partial charge in [0.25, 0.3) is 0 Å². The minimum Gasteiger partial charge on any atom is -0.368 e. The van der Waals surface area contributed by atoms with E-state index in [-0.39, 0.29) is 5.91 Å². The van der Waals surface area contributed by atoms with Gasteiger partial charge >= 0.3 is 0 Å². The highest BCUT2D eigenvalue weighted by molar-refractivity contribution is 8.00. The molecule has 58 valence electrons. The maximum Gasteiger partial charge on any atom is 0.233 e. The second kappa shape index (κ2) is 3.66. The van der Waals surface area contributed by atoms with E-state index in [0.717, 1.165) is 0 Å². The monoisotopic (exact) mass is 159 g/mol. The van der Waals surface area contributed by atoms with E-state index in [2.05, 4.69) is 6.58 Å². The van der Waals surface area contributed by atoms with Gasteiger partial charge in [0.05, 0.1) is 4.75 Å². The van der Waals surface area contributed by atoms with Crippen molar-refractivity contribution in [2.75, 3.05) is 6.26 Å². The summed E-state index contributed by atoms with van der Waals surface area (Å²) in [6.45, 7) is 5.38. The Morgan fingerprint density at radius 2 is 2.40 bits per heavy atom. The zero-order valence-electron chi connectivity index (χ0n) is 6.39. The van der Waals surface area contributed by atoms with E-state index in [1.807, 2.05) is 13.2 Å². The second-order valence-electron chi connectivity index (χ2n) is 2.29. The Labute approximate surface area is 65.9 Å². The van der Waals surface area contributed by atoms with Crippen LogP contribution in [0.3, 0.4) is 0 Å².